The van der Waals surface area contributed by atoms with Gasteiger partial charge in [-0.15, -0.1) is 0 Å². The topological polar surface area (TPSA) is 84.2 Å². The predicted octanol–water partition coefficient (Wildman–Crippen LogP) is 0.869. The third-order valence-corrected chi connectivity index (χ3v) is 2.32. The van der Waals surface area contributed by atoms with Crippen molar-refractivity contribution in [3.63, 3.8) is 0 Å². The molecule has 0 radical (unpaired) electrons. The summed E-state index contributed by atoms with van der Waals surface area (Å²) in [6, 6.07) is 9.43. The molecule has 0 aliphatic heterocycles. The van der Waals surface area contributed by atoms with E-state index < -0.39 is 11.4 Å². The van der Waals surface area contributed by atoms with Crippen LogP contribution >= 0.6 is 0 Å². The fourth-order valence-electron chi connectivity index (χ4n) is 1.64. The van der Waals surface area contributed by atoms with Crippen LogP contribution in [0, 0.1) is 0 Å². The van der Waals surface area contributed by atoms with Crippen molar-refractivity contribution in [3.05, 3.63) is 30.3 Å². The molecule has 0 aliphatic rings. The van der Waals surface area contributed by atoms with Gasteiger partial charge in [0.1, 0.15) is 0 Å². The van der Waals surface area contributed by atoms with Crippen LogP contribution in [0.4, 0.5) is 5.69 Å². The molecule has 0 atom stereocenters. The van der Waals surface area contributed by atoms with Crippen molar-refractivity contribution in [1.82, 2.24) is 5.32 Å². The van der Waals surface area contributed by atoms with Crippen LogP contribution in [0.1, 0.15) is 20.3 Å². The van der Waals surface area contributed by atoms with Crippen LogP contribution in [0.25, 0.3) is 0 Å². The smallest absolute Gasteiger partial charge is 0.239 e. The lowest BCUT2D eigenvalue weighted by Gasteiger charge is -2.24. The van der Waals surface area contributed by atoms with E-state index in [4.69, 9.17) is 5.73 Å². The van der Waals surface area contributed by atoms with Gasteiger partial charge in [-0.3, -0.25) is 9.59 Å². The van der Waals surface area contributed by atoms with Crippen LogP contribution in [-0.4, -0.2) is 23.9 Å². The van der Waals surface area contributed by atoms with Gasteiger partial charge in [0.2, 0.25) is 11.8 Å². The number of hydrogen-bond donors (Lipinski definition) is 3. The molecule has 18 heavy (non-hydrogen) atoms. The lowest BCUT2D eigenvalue weighted by Crippen LogP contribution is -2.47. The first kappa shape index (κ1) is 14.0. The summed E-state index contributed by atoms with van der Waals surface area (Å²) in [6.45, 7) is 3.68. The molecule has 1 rings (SSSR count). The first-order valence-electron chi connectivity index (χ1n) is 5.77. The molecule has 0 heterocycles. The van der Waals surface area contributed by atoms with Gasteiger partial charge in [0.25, 0.3) is 0 Å². The van der Waals surface area contributed by atoms with Crippen molar-refractivity contribution in [2.24, 2.45) is 5.73 Å². The zero-order chi connectivity index (χ0) is 13.6. The van der Waals surface area contributed by atoms with E-state index in [1.54, 1.807) is 13.8 Å². The molecule has 5 heteroatoms. The molecule has 0 unspecified atom stereocenters. The Morgan fingerprint density at radius 1 is 1.22 bits per heavy atom. The summed E-state index contributed by atoms with van der Waals surface area (Å²) in [5.74, 6) is -0.610. The van der Waals surface area contributed by atoms with Crippen LogP contribution in [0.5, 0.6) is 0 Å². The highest BCUT2D eigenvalue weighted by atomic mass is 16.2. The first-order valence-corrected chi connectivity index (χ1v) is 5.77. The summed E-state index contributed by atoms with van der Waals surface area (Å²) >= 11 is 0. The van der Waals surface area contributed by atoms with E-state index >= 15 is 0 Å². The molecule has 4 N–H and O–H groups in total. The zero-order valence-electron chi connectivity index (χ0n) is 10.7. The second-order valence-electron chi connectivity index (χ2n) is 4.79. The molecular weight excluding hydrogens is 230 g/mol. The standard InChI is InChI=1S/C13H19N3O2/c1-13(2,8-11(14)17)16-12(18)9-15-10-6-4-3-5-7-10/h3-7,15H,8-9H2,1-2H3,(H2,14,17)(H,16,18). The molecule has 0 aromatic heterocycles. The first-order chi connectivity index (χ1) is 8.39. The van der Waals surface area contributed by atoms with E-state index in [9.17, 15) is 9.59 Å². The van der Waals surface area contributed by atoms with E-state index in [0.29, 0.717) is 0 Å². The van der Waals surface area contributed by atoms with E-state index in [1.165, 1.54) is 0 Å². The van der Waals surface area contributed by atoms with E-state index in [1.807, 2.05) is 30.3 Å². The summed E-state index contributed by atoms with van der Waals surface area (Å²) in [5.41, 5.74) is 5.37. The SMILES string of the molecule is CC(C)(CC(N)=O)NC(=O)CNc1ccccc1. The van der Waals surface area contributed by atoms with Gasteiger partial charge < -0.3 is 16.4 Å². The number of carbonyl (C=O) groups is 2. The van der Waals surface area contributed by atoms with E-state index in [-0.39, 0.29) is 18.9 Å². The van der Waals surface area contributed by atoms with E-state index in [0.717, 1.165) is 5.69 Å². The Balaban J connectivity index is 2.40. The maximum atomic E-state index is 11.7. The maximum absolute atomic E-state index is 11.7. The molecule has 0 spiro atoms. The number of primary amides is 1. The third kappa shape index (κ3) is 5.34. The average Bonchev–Trinajstić information content (AvgIpc) is 2.25. The Morgan fingerprint density at radius 3 is 2.39 bits per heavy atom. The number of para-hydroxylation sites is 1. The predicted molar refractivity (Wildman–Crippen MR) is 71.0 cm³/mol. The van der Waals surface area contributed by atoms with Crippen LogP contribution in [0.3, 0.4) is 0 Å². The number of carbonyl (C=O) groups excluding carboxylic acids is 2. The molecule has 5 nitrogen and oxygen atoms in total. The van der Waals surface area contributed by atoms with Crippen molar-refractivity contribution in [2.45, 2.75) is 25.8 Å². The summed E-state index contributed by atoms with van der Waals surface area (Å²) < 4.78 is 0. The fourth-order valence-corrected chi connectivity index (χ4v) is 1.64. The third-order valence-electron chi connectivity index (χ3n) is 2.32. The minimum Gasteiger partial charge on any atom is -0.376 e. The van der Waals surface area contributed by atoms with Gasteiger partial charge in [-0.25, -0.2) is 0 Å². The molecule has 0 fully saturated rings. The van der Waals surface area contributed by atoms with Crippen LogP contribution in [-0.2, 0) is 9.59 Å². The van der Waals surface area contributed by atoms with Crippen molar-refractivity contribution < 1.29 is 9.59 Å². The van der Waals surface area contributed by atoms with Crippen LogP contribution < -0.4 is 16.4 Å². The van der Waals surface area contributed by atoms with Gasteiger partial charge >= 0.3 is 0 Å². The number of nitrogens with two attached hydrogens (primary N) is 1. The average molecular weight is 249 g/mol. The lowest BCUT2D eigenvalue weighted by molar-refractivity contribution is -0.122. The van der Waals surface area contributed by atoms with Gasteiger partial charge in [-0.05, 0) is 26.0 Å². The zero-order valence-corrected chi connectivity index (χ0v) is 10.7. The Kier molecular flexibility index (Phi) is 4.71. The Bertz CT molecular complexity index is 416. The molecule has 0 saturated heterocycles. The summed E-state index contributed by atoms with van der Waals surface area (Å²) in [5, 5.41) is 5.75. The van der Waals surface area contributed by atoms with Gasteiger partial charge in [0, 0.05) is 17.6 Å². The van der Waals surface area contributed by atoms with Crippen molar-refractivity contribution in [1.29, 1.82) is 0 Å². The van der Waals surface area contributed by atoms with Crippen LogP contribution in [0.15, 0.2) is 30.3 Å². The normalized spacial score (nSPS) is 10.8. The second kappa shape index (κ2) is 6.05. The van der Waals surface area contributed by atoms with Crippen molar-refractivity contribution in [2.75, 3.05) is 11.9 Å². The molecule has 2 amide bonds. The number of anilines is 1. The van der Waals surface area contributed by atoms with E-state index in [2.05, 4.69) is 10.6 Å². The van der Waals surface area contributed by atoms with Gasteiger partial charge in [0.15, 0.2) is 0 Å². The van der Waals surface area contributed by atoms with Crippen LogP contribution in [0.2, 0.25) is 0 Å². The monoisotopic (exact) mass is 249 g/mol. The summed E-state index contributed by atoms with van der Waals surface area (Å²) in [4.78, 5) is 22.5. The minimum atomic E-state index is -0.624. The number of rotatable bonds is 6. The molecule has 1 aromatic carbocycles. The number of benzene rings is 1. The fraction of sp³-hybridized carbons (Fsp3) is 0.385. The highest BCUT2D eigenvalue weighted by molar-refractivity contribution is 5.82. The molecule has 0 aliphatic carbocycles. The van der Waals surface area contributed by atoms with Crippen molar-refractivity contribution >= 4 is 17.5 Å². The molecule has 1 aromatic rings. The lowest BCUT2D eigenvalue weighted by atomic mass is 10.0. The van der Waals surface area contributed by atoms with Gasteiger partial charge in [-0.1, -0.05) is 18.2 Å². The number of hydrogen-bond acceptors (Lipinski definition) is 3. The summed E-state index contributed by atoms with van der Waals surface area (Å²) in [7, 11) is 0. The summed E-state index contributed by atoms with van der Waals surface area (Å²) in [6.07, 6.45) is 0.115. The number of amides is 2. The Hall–Kier alpha value is -2.04. The highest BCUT2D eigenvalue weighted by Crippen LogP contribution is 2.08. The Labute approximate surface area is 107 Å². The maximum Gasteiger partial charge on any atom is 0.239 e. The minimum absolute atomic E-state index is 0.115. The van der Waals surface area contributed by atoms with Gasteiger partial charge in [0.05, 0.1) is 6.54 Å². The Morgan fingerprint density at radius 2 is 1.83 bits per heavy atom. The molecule has 0 bridgehead atoms. The largest absolute Gasteiger partial charge is 0.376 e. The van der Waals surface area contributed by atoms with Gasteiger partial charge in [-0.2, -0.15) is 0 Å². The quantitative estimate of drug-likeness (QED) is 0.699. The molecule has 0 saturated carbocycles. The second-order valence-corrected chi connectivity index (χ2v) is 4.79. The highest BCUT2D eigenvalue weighted by Gasteiger charge is 2.22. The molecule has 98 valence electrons. The molecular formula is C13H19N3O2. The van der Waals surface area contributed by atoms with Crippen molar-refractivity contribution in [3.8, 4) is 0 Å². The number of nitrogens with one attached hydrogen (secondary N) is 2.